The fraction of sp³-hybridized carbons (Fsp3) is 0.838. The molecule has 3 saturated carbocycles. The van der Waals surface area contributed by atoms with Gasteiger partial charge in [0.1, 0.15) is 0 Å². The van der Waals surface area contributed by atoms with E-state index in [1.54, 1.807) is 5.57 Å². The van der Waals surface area contributed by atoms with Crippen LogP contribution in [0.15, 0.2) is 28.5 Å². The predicted octanol–water partition coefficient (Wildman–Crippen LogP) is 7.52. The molecule has 1 aromatic heterocycles. The molecule has 2 saturated heterocycles. The Morgan fingerprint density at radius 1 is 0.814 bits per heavy atom. The standard InChI is InChI=1S/C37H58N2O3S/c1-35-13-9-31(41-25-24-40-22-20-38-16-3-4-17-38)27-29(35)7-8-32-33(35)10-14-36(2)34(32)11-15-37(36,30-12-26-43-28-30)42-23-21-39-18-5-6-19-39/h12,26-28,31-34H,3-11,13-25H2,1-2H3/t31-,32+,33-,34-,35-,36-,37+/m0/s1. The fourth-order valence-corrected chi connectivity index (χ4v) is 11.7. The highest BCUT2D eigenvalue weighted by molar-refractivity contribution is 7.08. The summed E-state index contributed by atoms with van der Waals surface area (Å²) in [4.78, 5) is 5.14. The highest BCUT2D eigenvalue weighted by Gasteiger charge is 2.65. The number of hydrogen-bond acceptors (Lipinski definition) is 6. The van der Waals surface area contributed by atoms with E-state index in [2.05, 4.69) is 46.5 Å². The third-order valence-corrected chi connectivity index (χ3v) is 14.1. The van der Waals surface area contributed by atoms with Crippen molar-refractivity contribution in [2.24, 2.45) is 28.6 Å². The van der Waals surface area contributed by atoms with E-state index in [-0.39, 0.29) is 17.1 Å². The number of ether oxygens (including phenoxy) is 3. The van der Waals surface area contributed by atoms with Gasteiger partial charge in [-0.1, -0.05) is 25.5 Å². The minimum absolute atomic E-state index is 0.110. The third kappa shape index (κ3) is 5.84. The summed E-state index contributed by atoms with van der Waals surface area (Å²) in [5, 5.41) is 4.70. The van der Waals surface area contributed by atoms with E-state index >= 15 is 0 Å². The summed E-state index contributed by atoms with van der Waals surface area (Å²) in [5.41, 5.74) is 3.66. The quantitative estimate of drug-likeness (QED) is 0.181. The van der Waals surface area contributed by atoms with Gasteiger partial charge in [0, 0.05) is 18.5 Å². The molecular weight excluding hydrogens is 552 g/mol. The Balaban J connectivity index is 0.981. The molecule has 2 aliphatic heterocycles. The first kappa shape index (κ1) is 30.9. The predicted molar refractivity (Wildman–Crippen MR) is 176 cm³/mol. The molecular formula is C37H58N2O3S. The SMILES string of the molecule is C[C@]12CC[C@H](OCCOCCN3CCCC3)C=C1CC[C@@H]1[C@@H]2CC[C@@]2(C)[C@H]1CC[C@@]2(OCCN1CCCC1)c1ccsc1. The van der Waals surface area contributed by atoms with Crippen LogP contribution in [0.5, 0.6) is 0 Å². The molecule has 1 aromatic rings. The second-order valence-corrected chi connectivity index (χ2v) is 16.1. The summed E-state index contributed by atoms with van der Waals surface area (Å²) in [6.45, 7) is 15.6. The molecule has 0 aromatic carbocycles. The summed E-state index contributed by atoms with van der Waals surface area (Å²) < 4.78 is 19.5. The lowest BCUT2D eigenvalue weighted by Crippen LogP contribution is -2.54. The zero-order valence-corrected chi connectivity index (χ0v) is 28.0. The lowest BCUT2D eigenvalue weighted by atomic mass is 9.46. The van der Waals surface area contributed by atoms with E-state index in [4.69, 9.17) is 14.2 Å². The molecule has 6 heteroatoms. The normalized spacial score (nSPS) is 39.9. The van der Waals surface area contributed by atoms with Crippen molar-refractivity contribution < 1.29 is 14.2 Å². The molecule has 0 unspecified atom stereocenters. The minimum atomic E-state index is -0.110. The van der Waals surface area contributed by atoms with E-state index < -0.39 is 0 Å². The monoisotopic (exact) mass is 610 g/mol. The first-order chi connectivity index (χ1) is 21.0. The Kier molecular flexibility index (Phi) is 9.45. The molecule has 5 fully saturated rings. The number of thiophene rings is 1. The molecule has 240 valence electrons. The molecule has 0 N–H and O–H groups in total. The van der Waals surface area contributed by atoms with Gasteiger partial charge in [0.25, 0.3) is 0 Å². The zero-order valence-electron chi connectivity index (χ0n) is 27.2. The number of hydrogen-bond donors (Lipinski definition) is 0. The van der Waals surface area contributed by atoms with Gasteiger partial charge in [-0.05, 0) is 149 Å². The van der Waals surface area contributed by atoms with Crippen molar-refractivity contribution >= 4 is 11.3 Å². The second kappa shape index (κ2) is 13.2. The van der Waals surface area contributed by atoms with Crippen LogP contribution in [-0.2, 0) is 19.8 Å². The molecule has 6 aliphatic rings. The first-order valence-electron chi connectivity index (χ1n) is 18.0. The van der Waals surface area contributed by atoms with Gasteiger partial charge < -0.3 is 24.0 Å². The van der Waals surface area contributed by atoms with Crippen molar-refractivity contribution in [1.29, 1.82) is 0 Å². The molecule has 4 aliphatic carbocycles. The number of allylic oxidation sites excluding steroid dienone is 1. The van der Waals surface area contributed by atoms with E-state index in [1.807, 2.05) is 11.3 Å². The van der Waals surface area contributed by atoms with Gasteiger partial charge in [0.15, 0.2) is 0 Å². The van der Waals surface area contributed by atoms with Crippen LogP contribution in [-0.4, -0.2) is 81.6 Å². The van der Waals surface area contributed by atoms with Gasteiger partial charge in [-0.15, -0.1) is 0 Å². The van der Waals surface area contributed by atoms with Crippen molar-refractivity contribution in [2.75, 3.05) is 65.7 Å². The van der Waals surface area contributed by atoms with Gasteiger partial charge in [0.2, 0.25) is 0 Å². The second-order valence-electron chi connectivity index (χ2n) is 15.4. The molecule has 7 atom stereocenters. The summed E-state index contributed by atoms with van der Waals surface area (Å²) in [5.74, 6) is 2.40. The van der Waals surface area contributed by atoms with Gasteiger partial charge in [-0.25, -0.2) is 0 Å². The molecule has 7 rings (SSSR count). The fourth-order valence-electron chi connectivity index (χ4n) is 11.0. The number of rotatable bonds is 12. The van der Waals surface area contributed by atoms with Crippen LogP contribution in [0.1, 0.15) is 96.5 Å². The minimum Gasteiger partial charge on any atom is -0.378 e. The maximum atomic E-state index is 7.21. The number of nitrogens with zero attached hydrogens (tertiary/aromatic N) is 2. The van der Waals surface area contributed by atoms with Crippen molar-refractivity contribution in [2.45, 2.75) is 103 Å². The highest BCUT2D eigenvalue weighted by atomic mass is 32.1. The van der Waals surface area contributed by atoms with Crippen molar-refractivity contribution in [1.82, 2.24) is 9.80 Å². The molecule has 0 bridgehead atoms. The molecule has 0 radical (unpaired) electrons. The van der Waals surface area contributed by atoms with Crippen molar-refractivity contribution in [3.63, 3.8) is 0 Å². The molecule has 43 heavy (non-hydrogen) atoms. The van der Waals surface area contributed by atoms with E-state index in [1.165, 1.54) is 102 Å². The first-order valence-corrected chi connectivity index (χ1v) is 19.0. The van der Waals surface area contributed by atoms with Gasteiger partial charge >= 0.3 is 0 Å². The molecule has 0 spiro atoms. The van der Waals surface area contributed by atoms with Gasteiger partial charge in [-0.2, -0.15) is 11.3 Å². The summed E-state index contributed by atoms with van der Waals surface area (Å²) in [7, 11) is 0. The van der Waals surface area contributed by atoms with Crippen molar-refractivity contribution in [3.8, 4) is 0 Å². The Bertz CT molecular complexity index is 1080. The summed E-state index contributed by atoms with van der Waals surface area (Å²) in [6.07, 6.45) is 18.5. The zero-order chi connectivity index (χ0) is 29.3. The average Bonchev–Trinajstić information content (AvgIpc) is 3.83. The highest BCUT2D eigenvalue weighted by Crippen LogP contribution is 2.70. The largest absolute Gasteiger partial charge is 0.378 e. The van der Waals surface area contributed by atoms with E-state index in [0.717, 1.165) is 63.7 Å². The molecule has 5 nitrogen and oxygen atoms in total. The maximum Gasteiger partial charge on any atom is 0.0996 e. The molecule has 0 amide bonds. The topological polar surface area (TPSA) is 34.2 Å². The maximum absolute atomic E-state index is 7.21. The molecule has 3 heterocycles. The average molecular weight is 611 g/mol. The Hall–Kier alpha value is -0.760. The van der Waals surface area contributed by atoms with Crippen LogP contribution in [0.3, 0.4) is 0 Å². The Morgan fingerprint density at radius 3 is 2.30 bits per heavy atom. The van der Waals surface area contributed by atoms with Crippen LogP contribution < -0.4 is 0 Å². The number of fused-ring (bicyclic) bond motifs is 5. The van der Waals surface area contributed by atoms with Crippen LogP contribution in [0.4, 0.5) is 0 Å². The number of likely N-dealkylation sites (tertiary alicyclic amines) is 2. The van der Waals surface area contributed by atoms with Crippen molar-refractivity contribution in [3.05, 3.63) is 34.0 Å². The van der Waals surface area contributed by atoms with Gasteiger partial charge in [-0.3, -0.25) is 0 Å². The Morgan fingerprint density at radius 2 is 1.56 bits per heavy atom. The van der Waals surface area contributed by atoms with Crippen LogP contribution >= 0.6 is 11.3 Å². The van der Waals surface area contributed by atoms with Crippen LogP contribution in [0.25, 0.3) is 0 Å². The third-order valence-electron chi connectivity index (χ3n) is 13.4. The lowest BCUT2D eigenvalue weighted by molar-refractivity contribution is -0.167. The van der Waals surface area contributed by atoms with Crippen LogP contribution in [0, 0.1) is 28.6 Å². The van der Waals surface area contributed by atoms with E-state index in [0.29, 0.717) is 5.41 Å². The summed E-state index contributed by atoms with van der Waals surface area (Å²) in [6, 6.07) is 2.39. The smallest absolute Gasteiger partial charge is 0.0996 e. The van der Waals surface area contributed by atoms with E-state index in [9.17, 15) is 0 Å². The summed E-state index contributed by atoms with van der Waals surface area (Å²) >= 11 is 1.85. The van der Waals surface area contributed by atoms with Crippen LogP contribution in [0.2, 0.25) is 0 Å². The lowest BCUT2D eigenvalue weighted by Gasteiger charge is -2.60. The Labute approximate surface area is 265 Å². The van der Waals surface area contributed by atoms with Gasteiger partial charge in [0.05, 0.1) is 38.1 Å².